The minimum atomic E-state index is -3.27. The molecule has 0 saturated carbocycles. The van der Waals surface area contributed by atoms with Crippen molar-refractivity contribution < 1.29 is 13.2 Å². The number of nitrogens with zero attached hydrogens (tertiary/aromatic N) is 1. The van der Waals surface area contributed by atoms with E-state index in [0.29, 0.717) is 13.1 Å². The number of hydrogen-bond acceptors (Lipinski definition) is 3. The van der Waals surface area contributed by atoms with Gasteiger partial charge in [-0.3, -0.25) is 0 Å². The molecule has 1 aromatic carbocycles. The molecular formula is C19H31NO3S. The van der Waals surface area contributed by atoms with Crippen LogP contribution in [0.5, 0.6) is 0 Å². The summed E-state index contributed by atoms with van der Waals surface area (Å²) >= 11 is 0. The summed E-state index contributed by atoms with van der Waals surface area (Å²) in [5.74, 6) is 0. The van der Waals surface area contributed by atoms with Crippen LogP contribution in [0.3, 0.4) is 0 Å². The van der Waals surface area contributed by atoms with Crippen LogP contribution in [0.4, 0.5) is 0 Å². The smallest absolute Gasteiger partial charge is 0.211 e. The summed E-state index contributed by atoms with van der Waals surface area (Å²) in [6, 6.07) is 9.78. The Hall–Kier alpha value is -1.17. The van der Waals surface area contributed by atoms with Gasteiger partial charge in [-0.25, -0.2) is 8.42 Å². The fourth-order valence-corrected chi connectivity index (χ4v) is 3.60. The van der Waals surface area contributed by atoms with E-state index in [1.165, 1.54) is 6.26 Å². The molecule has 1 unspecified atom stereocenters. The second-order valence-electron chi connectivity index (χ2n) is 6.32. The molecule has 1 rings (SSSR count). The lowest BCUT2D eigenvalue weighted by Crippen LogP contribution is -2.43. The van der Waals surface area contributed by atoms with Crippen molar-refractivity contribution in [2.75, 3.05) is 26.5 Å². The van der Waals surface area contributed by atoms with Gasteiger partial charge in [0, 0.05) is 20.2 Å². The number of ether oxygens (including phenoxy) is 1. The van der Waals surface area contributed by atoms with Gasteiger partial charge >= 0.3 is 0 Å². The van der Waals surface area contributed by atoms with Gasteiger partial charge in [-0.1, -0.05) is 48.9 Å². The Morgan fingerprint density at radius 2 is 1.83 bits per heavy atom. The number of allylic oxidation sites excluding steroid dienone is 2. The molecule has 0 aliphatic rings. The molecule has 0 bridgehead atoms. The van der Waals surface area contributed by atoms with Crippen LogP contribution >= 0.6 is 0 Å². The normalized spacial score (nSPS) is 15.0. The first-order valence-corrected chi connectivity index (χ1v) is 10.4. The van der Waals surface area contributed by atoms with Gasteiger partial charge in [0.2, 0.25) is 10.0 Å². The number of rotatable bonds is 11. The largest absolute Gasteiger partial charge is 0.372 e. The molecule has 4 nitrogen and oxygen atoms in total. The number of sulfonamides is 1. The van der Waals surface area contributed by atoms with E-state index >= 15 is 0 Å². The topological polar surface area (TPSA) is 46.6 Å². The number of hydrogen-bond donors (Lipinski definition) is 0. The third kappa shape index (κ3) is 6.75. The van der Waals surface area contributed by atoms with Gasteiger partial charge in [0.05, 0.1) is 6.26 Å². The highest BCUT2D eigenvalue weighted by Crippen LogP contribution is 2.26. The zero-order chi connectivity index (χ0) is 18.1. The minimum absolute atomic E-state index is 0.321. The average Bonchev–Trinajstić information content (AvgIpc) is 2.56. The summed E-state index contributed by atoms with van der Waals surface area (Å²) in [6.07, 6.45) is 9.48. The Balaban J connectivity index is 2.74. The van der Waals surface area contributed by atoms with Gasteiger partial charge in [0.15, 0.2) is 0 Å². The fourth-order valence-electron chi connectivity index (χ4n) is 2.66. The lowest BCUT2D eigenvalue weighted by atomic mass is 9.95. The van der Waals surface area contributed by atoms with Crippen LogP contribution in [0, 0.1) is 0 Å². The molecule has 0 radical (unpaired) electrons. The van der Waals surface area contributed by atoms with E-state index in [1.807, 2.05) is 50.3 Å². The molecule has 0 spiro atoms. The van der Waals surface area contributed by atoms with Crippen LogP contribution in [-0.2, 0) is 20.4 Å². The van der Waals surface area contributed by atoms with E-state index in [9.17, 15) is 8.42 Å². The highest BCUT2D eigenvalue weighted by molar-refractivity contribution is 7.88. The van der Waals surface area contributed by atoms with Gasteiger partial charge in [-0.05, 0) is 38.7 Å². The maximum Gasteiger partial charge on any atom is 0.211 e. The fraction of sp³-hybridized carbons (Fsp3) is 0.579. The predicted molar refractivity (Wildman–Crippen MR) is 101 cm³/mol. The Kier molecular flexibility index (Phi) is 8.67. The van der Waals surface area contributed by atoms with Crippen LogP contribution in [0.25, 0.3) is 0 Å². The molecule has 1 aromatic rings. The van der Waals surface area contributed by atoms with Gasteiger partial charge in [0.25, 0.3) is 0 Å². The van der Waals surface area contributed by atoms with Gasteiger partial charge < -0.3 is 4.74 Å². The zero-order valence-corrected chi connectivity index (χ0v) is 16.2. The average molecular weight is 354 g/mol. The Bertz CT molecular complexity index is 598. The first kappa shape index (κ1) is 20.9. The zero-order valence-electron chi connectivity index (χ0n) is 15.4. The lowest BCUT2D eigenvalue weighted by Gasteiger charge is -2.34. The molecule has 5 heteroatoms. The summed E-state index contributed by atoms with van der Waals surface area (Å²) in [5.41, 5.74) is 0.323. The molecule has 0 amide bonds. The molecule has 24 heavy (non-hydrogen) atoms. The van der Waals surface area contributed by atoms with Crippen LogP contribution < -0.4 is 0 Å². The molecule has 0 saturated heterocycles. The molecular weight excluding hydrogens is 322 g/mol. The van der Waals surface area contributed by atoms with E-state index in [1.54, 1.807) is 11.4 Å². The number of unbranched alkanes of at least 4 members (excludes halogenated alkanes) is 3. The SMILES string of the molecule is C/C=C/CCCCCN(CC(C)(OC)c1ccccc1)S(C)(=O)=O. The van der Waals surface area contributed by atoms with Crippen molar-refractivity contribution >= 4 is 10.0 Å². The summed E-state index contributed by atoms with van der Waals surface area (Å²) in [7, 11) is -1.64. The minimum Gasteiger partial charge on any atom is -0.372 e. The number of methoxy groups -OCH3 is 1. The second kappa shape index (κ2) is 9.97. The summed E-state index contributed by atoms with van der Waals surface area (Å²) in [4.78, 5) is 0. The summed E-state index contributed by atoms with van der Waals surface area (Å²) in [6.45, 7) is 4.80. The van der Waals surface area contributed by atoms with Crippen molar-refractivity contribution in [3.63, 3.8) is 0 Å². The first-order valence-electron chi connectivity index (χ1n) is 8.50. The maximum absolute atomic E-state index is 12.2. The van der Waals surface area contributed by atoms with Crippen molar-refractivity contribution in [2.24, 2.45) is 0 Å². The van der Waals surface area contributed by atoms with Crippen LogP contribution in [0.15, 0.2) is 42.5 Å². The van der Waals surface area contributed by atoms with Gasteiger partial charge in [-0.2, -0.15) is 4.31 Å². The molecule has 1 atom stereocenters. The quantitative estimate of drug-likeness (QED) is 0.447. The van der Waals surface area contributed by atoms with Crippen LogP contribution in [-0.4, -0.2) is 39.2 Å². The van der Waals surface area contributed by atoms with E-state index < -0.39 is 15.6 Å². The lowest BCUT2D eigenvalue weighted by molar-refractivity contribution is -0.0120. The highest BCUT2D eigenvalue weighted by atomic mass is 32.2. The highest BCUT2D eigenvalue weighted by Gasteiger charge is 2.32. The maximum atomic E-state index is 12.2. The van der Waals surface area contributed by atoms with E-state index in [4.69, 9.17) is 4.74 Å². The number of benzene rings is 1. The Morgan fingerprint density at radius 3 is 2.38 bits per heavy atom. The van der Waals surface area contributed by atoms with Crippen LogP contribution in [0.2, 0.25) is 0 Å². The van der Waals surface area contributed by atoms with Crippen molar-refractivity contribution in [1.29, 1.82) is 0 Å². The van der Waals surface area contributed by atoms with Gasteiger partial charge in [-0.15, -0.1) is 0 Å². The van der Waals surface area contributed by atoms with Crippen molar-refractivity contribution in [1.82, 2.24) is 4.31 Å². The Labute approximate surface area is 147 Å². The molecule has 0 fully saturated rings. The van der Waals surface area contributed by atoms with Crippen molar-refractivity contribution in [2.45, 2.75) is 45.1 Å². The second-order valence-corrected chi connectivity index (χ2v) is 8.30. The predicted octanol–water partition coefficient (Wildman–Crippen LogP) is 3.95. The van der Waals surface area contributed by atoms with E-state index in [0.717, 1.165) is 31.2 Å². The van der Waals surface area contributed by atoms with Crippen LogP contribution in [0.1, 0.15) is 45.1 Å². The first-order chi connectivity index (χ1) is 11.3. The molecule has 0 aromatic heterocycles. The van der Waals surface area contributed by atoms with Gasteiger partial charge in [0.1, 0.15) is 5.60 Å². The summed E-state index contributed by atoms with van der Waals surface area (Å²) in [5, 5.41) is 0. The molecule has 0 aliphatic carbocycles. The Morgan fingerprint density at radius 1 is 1.17 bits per heavy atom. The summed E-state index contributed by atoms with van der Waals surface area (Å²) < 4.78 is 31.6. The molecule has 136 valence electrons. The monoisotopic (exact) mass is 353 g/mol. The third-order valence-corrected chi connectivity index (χ3v) is 5.55. The van der Waals surface area contributed by atoms with Crippen molar-refractivity contribution in [3.8, 4) is 0 Å². The standard InChI is InChI=1S/C19H31NO3S/c1-5-6-7-8-9-13-16-20(24(4,21)22)17-19(2,23-3)18-14-11-10-12-15-18/h5-6,10-12,14-15H,7-9,13,16-17H2,1-4H3/b6-5+. The molecule has 0 aliphatic heterocycles. The van der Waals surface area contributed by atoms with E-state index in [-0.39, 0.29) is 0 Å². The third-order valence-electron chi connectivity index (χ3n) is 4.30. The molecule has 0 N–H and O–H groups in total. The molecule has 0 heterocycles. The van der Waals surface area contributed by atoms with Crippen molar-refractivity contribution in [3.05, 3.63) is 48.0 Å². The van der Waals surface area contributed by atoms with E-state index in [2.05, 4.69) is 6.08 Å².